The quantitative estimate of drug-likeness (QED) is 0.790. The molecule has 0 amide bonds. The van der Waals surface area contributed by atoms with Gasteiger partial charge in [0, 0.05) is 10.0 Å². The first-order valence-electron chi connectivity index (χ1n) is 5.74. The zero-order valence-corrected chi connectivity index (χ0v) is 11.5. The van der Waals surface area contributed by atoms with Crippen molar-refractivity contribution in [1.29, 1.82) is 0 Å². The third-order valence-electron chi connectivity index (χ3n) is 2.79. The second-order valence-corrected chi connectivity index (χ2v) is 4.95. The van der Waals surface area contributed by atoms with Gasteiger partial charge in [0.25, 0.3) is 0 Å². The maximum atomic E-state index is 11.9. The molecule has 0 unspecified atom stereocenters. The topological polar surface area (TPSA) is 50.7 Å². The fourth-order valence-corrected chi connectivity index (χ4v) is 2.17. The van der Waals surface area contributed by atoms with Gasteiger partial charge >= 0.3 is 5.69 Å². The number of rotatable bonds is 2. The summed E-state index contributed by atoms with van der Waals surface area (Å²) in [6.07, 6.45) is 0. The summed E-state index contributed by atoms with van der Waals surface area (Å²) in [4.78, 5) is 11.9. The third-order valence-corrected chi connectivity index (χ3v) is 3.32. The lowest BCUT2D eigenvalue weighted by Gasteiger charge is -2.05. The van der Waals surface area contributed by atoms with Gasteiger partial charge in [-0.25, -0.2) is 14.5 Å². The monoisotopic (exact) mass is 315 g/mol. The Bertz CT molecular complexity index is 744. The van der Waals surface area contributed by atoms with Crippen LogP contribution >= 0.6 is 15.9 Å². The Morgan fingerprint density at radius 1 is 1.00 bits per heavy atom. The molecule has 3 aromatic rings. The Hall–Kier alpha value is -2.14. The number of aromatic nitrogens is 3. The summed E-state index contributed by atoms with van der Waals surface area (Å²) in [5.74, 6) is 0.601. The second kappa shape index (κ2) is 4.85. The Morgan fingerprint density at radius 2 is 1.68 bits per heavy atom. The van der Waals surface area contributed by atoms with E-state index < -0.39 is 0 Å². The minimum absolute atomic E-state index is 0.246. The normalized spacial score (nSPS) is 10.6. The molecule has 0 spiro atoms. The number of halogens is 1. The SMILES string of the molecule is O=c1[nH]nc(-c2ccc(Br)cc2)n1-c1ccccc1. The number of hydrogen-bond acceptors (Lipinski definition) is 2. The van der Waals surface area contributed by atoms with Crippen LogP contribution < -0.4 is 5.69 Å². The number of hydrogen-bond donors (Lipinski definition) is 1. The number of para-hydroxylation sites is 1. The molecule has 3 rings (SSSR count). The highest BCUT2D eigenvalue weighted by Crippen LogP contribution is 2.20. The van der Waals surface area contributed by atoms with E-state index in [1.807, 2.05) is 54.6 Å². The van der Waals surface area contributed by atoms with Crippen molar-refractivity contribution in [2.24, 2.45) is 0 Å². The standard InChI is InChI=1S/C14H10BrN3O/c15-11-8-6-10(7-9-11)13-16-17-14(19)18(13)12-4-2-1-3-5-12/h1-9H,(H,17,19). The first-order valence-corrected chi connectivity index (χ1v) is 6.54. The largest absolute Gasteiger partial charge is 0.348 e. The molecule has 94 valence electrons. The van der Waals surface area contributed by atoms with E-state index in [9.17, 15) is 4.79 Å². The molecule has 1 aromatic heterocycles. The van der Waals surface area contributed by atoms with Crippen molar-refractivity contribution in [2.75, 3.05) is 0 Å². The predicted octanol–water partition coefficient (Wildman–Crippen LogP) is 2.99. The second-order valence-electron chi connectivity index (χ2n) is 4.03. The molecular weight excluding hydrogens is 306 g/mol. The van der Waals surface area contributed by atoms with E-state index in [-0.39, 0.29) is 5.69 Å². The van der Waals surface area contributed by atoms with Crippen molar-refractivity contribution < 1.29 is 0 Å². The van der Waals surface area contributed by atoms with Gasteiger partial charge in [0.05, 0.1) is 5.69 Å². The zero-order chi connectivity index (χ0) is 13.2. The lowest BCUT2D eigenvalue weighted by Crippen LogP contribution is -2.15. The average molecular weight is 316 g/mol. The molecule has 5 heteroatoms. The first kappa shape index (κ1) is 11.9. The number of aromatic amines is 1. The molecule has 0 aliphatic rings. The molecule has 4 nitrogen and oxygen atoms in total. The summed E-state index contributed by atoms with van der Waals surface area (Å²) < 4.78 is 2.55. The van der Waals surface area contributed by atoms with Gasteiger partial charge < -0.3 is 0 Å². The summed E-state index contributed by atoms with van der Waals surface area (Å²) in [5.41, 5.74) is 1.42. The van der Waals surface area contributed by atoms with Crippen LogP contribution in [0.2, 0.25) is 0 Å². The molecule has 0 aliphatic carbocycles. The van der Waals surface area contributed by atoms with E-state index in [4.69, 9.17) is 0 Å². The molecule has 2 aromatic carbocycles. The number of H-pyrrole nitrogens is 1. The van der Waals surface area contributed by atoms with E-state index in [0.717, 1.165) is 15.7 Å². The maximum absolute atomic E-state index is 11.9. The van der Waals surface area contributed by atoms with Crippen molar-refractivity contribution in [3.63, 3.8) is 0 Å². The van der Waals surface area contributed by atoms with Gasteiger partial charge in [-0.3, -0.25) is 0 Å². The van der Waals surface area contributed by atoms with Crippen LogP contribution in [-0.4, -0.2) is 14.8 Å². The Morgan fingerprint density at radius 3 is 2.37 bits per heavy atom. The minimum atomic E-state index is -0.246. The number of benzene rings is 2. The zero-order valence-electron chi connectivity index (χ0n) is 9.88. The van der Waals surface area contributed by atoms with Crippen LogP contribution in [0.1, 0.15) is 0 Å². The highest BCUT2D eigenvalue weighted by atomic mass is 79.9. The van der Waals surface area contributed by atoms with Crippen LogP contribution in [0.3, 0.4) is 0 Å². The van der Waals surface area contributed by atoms with Gasteiger partial charge in [-0.2, -0.15) is 5.10 Å². The predicted molar refractivity (Wildman–Crippen MR) is 77.3 cm³/mol. The molecule has 1 N–H and O–H groups in total. The van der Waals surface area contributed by atoms with Gasteiger partial charge in [-0.05, 0) is 24.3 Å². The van der Waals surface area contributed by atoms with E-state index in [1.165, 1.54) is 0 Å². The van der Waals surface area contributed by atoms with Crippen LogP contribution in [0.25, 0.3) is 17.1 Å². The number of nitrogens with one attached hydrogen (secondary N) is 1. The molecular formula is C14H10BrN3O. The fourth-order valence-electron chi connectivity index (χ4n) is 1.91. The smallest absolute Gasteiger partial charge is 0.246 e. The molecule has 0 bridgehead atoms. The molecule has 0 fully saturated rings. The molecule has 0 saturated heterocycles. The van der Waals surface area contributed by atoms with Gasteiger partial charge in [0.15, 0.2) is 5.82 Å². The molecule has 1 heterocycles. The van der Waals surface area contributed by atoms with E-state index in [2.05, 4.69) is 26.1 Å². The molecule has 0 radical (unpaired) electrons. The summed E-state index contributed by atoms with van der Waals surface area (Å²) >= 11 is 3.39. The van der Waals surface area contributed by atoms with Gasteiger partial charge in [-0.15, -0.1) is 0 Å². The fraction of sp³-hybridized carbons (Fsp3) is 0. The van der Waals surface area contributed by atoms with E-state index in [1.54, 1.807) is 4.57 Å². The van der Waals surface area contributed by atoms with Crippen LogP contribution in [0.4, 0.5) is 0 Å². The maximum Gasteiger partial charge on any atom is 0.348 e. The molecule has 19 heavy (non-hydrogen) atoms. The van der Waals surface area contributed by atoms with Gasteiger partial charge in [0.2, 0.25) is 0 Å². The van der Waals surface area contributed by atoms with Gasteiger partial charge in [-0.1, -0.05) is 46.3 Å². The van der Waals surface area contributed by atoms with E-state index >= 15 is 0 Å². The Labute approximate surface area is 117 Å². The summed E-state index contributed by atoms with van der Waals surface area (Å²) in [6, 6.07) is 17.1. The summed E-state index contributed by atoms with van der Waals surface area (Å²) in [6.45, 7) is 0. The van der Waals surface area contributed by atoms with Crippen molar-refractivity contribution >= 4 is 15.9 Å². The summed E-state index contributed by atoms with van der Waals surface area (Å²) in [7, 11) is 0. The van der Waals surface area contributed by atoms with Crippen LogP contribution in [0.5, 0.6) is 0 Å². The third kappa shape index (κ3) is 2.24. The average Bonchev–Trinajstić information content (AvgIpc) is 2.82. The highest BCUT2D eigenvalue weighted by molar-refractivity contribution is 9.10. The van der Waals surface area contributed by atoms with Crippen LogP contribution in [0.15, 0.2) is 63.9 Å². The van der Waals surface area contributed by atoms with E-state index in [0.29, 0.717) is 5.82 Å². The minimum Gasteiger partial charge on any atom is -0.246 e. The van der Waals surface area contributed by atoms with Crippen molar-refractivity contribution in [3.05, 3.63) is 69.6 Å². The first-order chi connectivity index (χ1) is 9.25. The Kier molecular flexibility index (Phi) is 3.05. The number of nitrogens with zero attached hydrogens (tertiary/aromatic N) is 2. The van der Waals surface area contributed by atoms with Crippen molar-refractivity contribution in [2.45, 2.75) is 0 Å². The van der Waals surface area contributed by atoms with Crippen LogP contribution in [0, 0.1) is 0 Å². The Balaban J connectivity index is 2.19. The van der Waals surface area contributed by atoms with Crippen LogP contribution in [-0.2, 0) is 0 Å². The lowest BCUT2D eigenvalue weighted by atomic mass is 10.2. The molecule has 0 atom stereocenters. The van der Waals surface area contributed by atoms with Gasteiger partial charge in [0.1, 0.15) is 0 Å². The lowest BCUT2D eigenvalue weighted by molar-refractivity contribution is 0.985. The van der Waals surface area contributed by atoms with Crippen molar-refractivity contribution in [1.82, 2.24) is 14.8 Å². The molecule has 0 saturated carbocycles. The summed E-state index contributed by atoms with van der Waals surface area (Å²) in [5, 5.41) is 6.60. The molecule has 0 aliphatic heterocycles. The highest BCUT2D eigenvalue weighted by Gasteiger charge is 2.11. The van der Waals surface area contributed by atoms with Crippen molar-refractivity contribution in [3.8, 4) is 17.1 Å².